The van der Waals surface area contributed by atoms with Gasteiger partial charge >= 0.3 is 0 Å². The van der Waals surface area contributed by atoms with E-state index in [0.29, 0.717) is 32.3 Å². The number of amides is 1. The molecule has 0 aliphatic carbocycles. The minimum absolute atomic E-state index is 0.130. The average molecular weight is 335 g/mol. The summed E-state index contributed by atoms with van der Waals surface area (Å²) in [6.07, 6.45) is 1.64. The maximum Gasteiger partial charge on any atom is 0.251 e. The highest BCUT2D eigenvalue weighted by Gasteiger charge is 2.46. The van der Waals surface area contributed by atoms with Gasteiger partial charge in [0.15, 0.2) is 0 Å². The second-order valence-corrected chi connectivity index (χ2v) is 6.97. The van der Waals surface area contributed by atoms with Crippen molar-refractivity contribution < 1.29 is 18.8 Å². The topological polar surface area (TPSA) is 68.0 Å². The number of ether oxygens (including phenoxy) is 2. The predicted octanol–water partition coefficient (Wildman–Crippen LogP) is 0.882. The van der Waals surface area contributed by atoms with Gasteiger partial charge in [-0.05, 0) is 20.3 Å². The van der Waals surface area contributed by atoms with E-state index in [4.69, 9.17) is 14.0 Å². The monoisotopic (exact) mass is 335 g/mol. The number of likely N-dealkylation sites (tertiary alicyclic amines) is 1. The molecular weight excluding hydrogens is 310 g/mol. The minimum Gasteiger partial charge on any atom is -0.378 e. The minimum atomic E-state index is -0.300. The molecule has 0 unspecified atom stereocenters. The van der Waals surface area contributed by atoms with E-state index in [1.807, 2.05) is 18.7 Å². The lowest BCUT2D eigenvalue weighted by atomic mass is 10.1. The summed E-state index contributed by atoms with van der Waals surface area (Å²) < 4.78 is 16.7. The first-order chi connectivity index (χ1) is 11.6. The zero-order chi connectivity index (χ0) is 16.7. The van der Waals surface area contributed by atoms with E-state index >= 15 is 0 Å². The Kier molecular flexibility index (Phi) is 4.32. The highest BCUT2D eigenvalue weighted by atomic mass is 16.5. The highest BCUT2D eigenvalue weighted by molar-refractivity contribution is 5.81. The molecule has 7 nitrogen and oxygen atoms in total. The summed E-state index contributed by atoms with van der Waals surface area (Å²) in [5, 5.41) is 4.04. The summed E-state index contributed by atoms with van der Waals surface area (Å²) in [5.74, 6) is 1.01. The van der Waals surface area contributed by atoms with Crippen molar-refractivity contribution >= 4 is 5.91 Å². The van der Waals surface area contributed by atoms with Crippen molar-refractivity contribution in [2.24, 2.45) is 0 Å². The van der Waals surface area contributed by atoms with Gasteiger partial charge in [-0.3, -0.25) is 9.69 Å². The fourth-order valence-electron chi connectivity index (χ4n) is 4.11. The third-order valence-corrected chi connectivity index (χ3v) is 5.53. The number of aryl methyl sites for hydroxylation is 2. The summed E-state index contributed by atoms with van der Waals surface area (Å²) in [4.78, 5) is 17.0. The lowest BCUT2D eigenvalue weighted by Crippen LogP contribution is -2.46. The van der Waals surface area contributed by atoms with Crippen LogP contribution in [0.5, 0.6) is 0 Å². The normalized spacial score (nSPS) is 30.8. The Morgan fingerprint density at radius 3 is 2.75 bits per heavy atom. The van der Waals surface area contributed by atoms with Crippen LogP contribution in [0.25, 0.3) is 0 Å². The second-order valence-electron chi connectivity index (χ2n) is 6.97. The van der Waals surface area contributed by atoms with Gasteiger partial charge in [0.1, 0.15) is 11.9 Å². The van der Waals surface area contributed by atoms with Crippen LogP contribution in [0.2, 0.25) is 0 Å². The smallest absolute Gasteiger partial charge is 0.251 e. The van der Waals surface area contributed by atoms with Crippen LogP contribution in [0.4, 0.5) is 0 Å². The molecule has 3 fully saturated rings. The number of hydrogen-bond acceptors (Lipinski definition) is 6. The van der Waals surface area contributed by atoms with Crippen molar-refractivity contribution in [3.8, 4) is 0 Å². The van der Waals surface area contributed by atoms with Crippen LogP contribution in [-0.2, 0) is 20.8 Å². The molecule has 4 rings (SSSR count). The fourth-order valence-corrected chi connectivity index (χ4v) is 4.11. The number of carbonyl (C=O) groups excluding carboxylic acids is 1. The van der Waals surface area contributed by atoms with Gasteiger partial charge in [-0.25, -0.2) is 0 Å². The Balaban J connectivity index is 1.40. The van der Waals surface area contributed by atoms with Gasteiger partial charge in [0.25, 0.3) is 5.91 Å². The number of aromatic nitrogens is 1. The molecule has 24 heavy (non-hydrogen) atoms. The fraction of sp³-hybridized carbons (Fsp3) is 0.765. The van der Waals surface area contributed by atoms with E-state index in [0.717, 1.165) is 37.4 Å². The Labute approximate surface area is 141 Å². The molecule has 3 aliphatic heterocycles. The van der Waals surface area contributed by atoms with E-state index in [1.54, 1.807) is 0 Å². The van der Waals surface area contributed by atoms with Gasteiger partial charge in [-0.1, -0.05) is 5.16 Å². The molecule has 3 saturated heterocycles. The van der Waals surface area contributed by atoms with Crippen LogP contribution in [-0.4, -0.2) is 72.0 Å². The number of fused-ring (bicyclic) bond motifs is 1. The largest absolute Gasteiger partial charge is 0.378 e. The Morgan fingerprint density at radius 2 is 2.04 bits per heavy atom. The average Bonchev–Trinajstić information content (AvgIpc) is 3.26. The van der Waals surface area contributed by atoms with Gasteiger partial charge in [0.05, 0.1) is 25.0 Å². The molecule has 0 aromatic carbocycles. The summed E-state index contributed by atoms with van der Waals surface area (Å²) in [5.41, 5.74) is 2.12. The SMILES string of the molecule is Cc1noc(C)c1CN1CC[C@@H]2O[C@H](C(=O)N3CCOCC3)C[C@@H]21. The first-order valence-electron chi connectivity index (χ1n) is 8.81. The van der Waals surface area contributed by atoms with Crippen LogP contribution in [0.3, 0.4) is 0 Å². The standard InChI is InChI=1S/C17H25N3O4/c1-11-13(12(2)24-18-11)10-20-4-3-15-14(20)9-16(23-15)17(21)19-5-7-22-8-6-19/h14-16H,3-10H2,1-2H3/t14-,15-,16-/m0/s1. The number of carbonyl (C=O) groups is 1. The Morgan fingerprint density at radius 1 is 1.25 bits per heavy atom. The summed E-state index contributed by atoms with van der Waals surface area (Å²) in [7, 11) is 0. The van der Waals surface area contributed by atoms with Gasteiger partial charge in [0.2, 0.25) is 0 Å². The highest BCUT2D eigenvalue weighted by Crippen LogP contribution is 2.35. The third kappa shape index (κ3) is 2.85. The van der Waals surface area contributed by atoms with Crippen molar-refractivity contribution in [2.45, 2.75) is 51.5 Å². The maximum absolute atomic E-state index is 12.7. The molecule has 3 aliphatic rings. The Bertz CT molecular complexity index is 591. The molecule has 3 atom stereocenters. The van der Waals surface area contributed by atoms with Crippen LogP contribution < -0.4 is 0 Å². The second kappa shape index (κ2) is 6.46. The van der Waals surface area contributed by atoms with Crippen LogP contribution >= 0.6 is 0 Å². The quantitative estimate of drug-likeness (QED) is 0.817. The first kappa shape index (κ1) is 16.1. The van der Waals surface area contributed by atoms with Crippen molar-refractivity contribution in [3.05, 3.63) is 17.0 Å². The summed E-state index contributed by atoms with van der Waals surface area (Å²) >= 11 is 0. The molecule has 4 heterocycles. The predicted molar refractivity (Wildman–Crippen MR) is 85.5 cm³/mol. The molecule has 0 radical (unpaired) electrons. The molecule has 132 valence electrons. The van der Waals surface area contributed by atoms with Gasteiger partial charge in [0, 0.05) is 44.2 Å². The number of rotatable bonds is 3. The van der Waals surface area contributed by atoms with E-state index in [9.17, 15) is 4.79 Å². The third-order valence-electron chi connectivity index (χ3n) is 5.53. The van der Waals surface area contributed by atoms with Crippen molar-refractivity contribution in [2.75, 3.05) is 32.8 Å². The molecule has 1 aromatic rings. The van der Waals surface area contributed by atoms with Crippen molar-refractivity contribution in [1.29, 1.82) is 0 Å². The number of nitrogens with zero attached hydrogens (tertiary/aromatic N) is 3. The Hall–Kier alpha value is -1.44. The summed E-state index contributed by atoms with van der Waals surface area (Å²) in [6, 6.07) is 0.314. The first-order valence-corrected chi connectivity index (χ1v) is 8.81. The molecule has 1 amide bonds. The van der Waals surface area contributed by atoms with Crippen molar-refractivity contribution in [3.63, 3.8) is 0 Å². The number of morpholine rings is 1. The number of hydrogen-bond donors (Lipinski definition) is 0. The van der Waals surface area contributed by atoms with Gasteiger partial charge < -0.3 is 18.9 Å². The van der Waals surface area contributed by atoms with Crippen LogP contribution in [0, 0.1) is 13.8 Å². The maximum atomic E-state index is 12.7. The summed E-state index contributed by atoms with van der Waals surface area (Å²) in [6.45, 7) is 8.37. The van der Waals surface area contributed by atoms with E-state index < -0.39 is 0 Å². The zero-order valence-electron chi connectivity index (χ0n) is 14.4. The van der Waals surface area contributed by atoms with E-state index in [2.05, 4.69) is 10.1 Å². The van der Waals surface area contributed by atoms with Crippen molar-refractivity contribution in [1.82, 2.24) is 15.0 Å². The zero-order valence-corrected chi connectivity index (χ0v) is 14.4. The molecule has 0 spiro atoms. The molecular formula is C17H25N3O4. The molecule has 0 bridgehead atoms. The van der Waals surface area contributed by atoms with E-state index in [1.165, 1.54) is 5.56 Å². The molecule has 1 aromatic heterocycles. The molecule has 0 N–H and O–H groups in total. The van der Waals surface area contributed by atoms with Gasteiger partial charge in [-0.15, -0.1) is 0 Å². The molecule has 0 saturated carbocycles. The van der Waals surface area contributed by atoms with Gasteiger partial charge in [-0.2, -0.15) is 0 Å². The van der Waals surface area contributed by atoms with E-state index in [-0.39, 0.29) is 18.1 Å². The lowest BCUT2D eigenvalue weighted by Gasteiger charge is -2.29. The molecule has 7 heteroatoms. The van der Waals surface area contributed by atoms with Crippen LogP contribution in [0.1, 0.15) is 29.9 Å². The lowest BCUT2D eigenvalue weighted by molar-refractivity contribution is -0.146. The van der Waals surface area contributed by atoms with Crippen LogP contribution in [0.15, 0.2) is 4.52 Å².